The van der Waals surface area contributed by atoms with Crippen molar-refractivity contribution in [3.8, 4) is 17.9 Å². The fourth-order valence-electron chi connectivity index (χ4n) is 7.51. The fraction of sp³-hybridized carbons (Fsp3) is 0.423. The van der Waals surface area contributed by atoms with Crippen molar-refractivity contribution in [2.24, 2.45) is 5.10 Å². The molecule has 5 rings (SSSR count). The number of imidazole rings is 1. The molecule has 0 spiro atoms. The Bertz CT molecular complexity index is 2670. The predicted octanol–water partition coefficient (Wildman–Crippen LogP) is 12.6. The van der Waals surface area contributed by atoms with E-state index >= 15 is 0 Å². The van der Waals surface area contributed by atoms with Crippen molar-refractivity contribution in [3.05, 3.63) is 115 Å². The molecule has 1 heterocycles. The van der Waals surface area contributed by atoms with Crippen molar-refractivity contribution in [2.75, 3.05) is 30.5 Å². The maximum absolute atomic E-state index is 12.8. The van der Waals surface area contributed by atoms with Gasteiger partial charge in [0.2, 0.25) is 5.62 Å². The van der Waals surface area contributed by atoms with Crippen LogP contribution in [0.15, 0.2) is 65.8 Å². The minimum atomic E-state index is -0.612. The number of esters is 1. The Labute approximate surface area is 426 Å². The van der Waals surface area contributed by atoms with Gasteiger partial charge in [-0.3, -0.25) is 10.9 Å². The van der Waals surface area contributed by atoms with E-state index in [1.54, 1.807) is 37.3 Å². The predicted molar refractivity (Wildman–Crippen MR) is 279 cm³/mol. The normalized spacial score (nSPS) is 10.6. The maximum atomic E-state index is 12.8. The number of unbranched alkanes of at least 4 members (excludes halogenated alkanes) is 9. The number of nitriles is 2. The summed E-state index contributed by atoms with van der Waals surface area (Å²) >= 11 is 18.8. The number of carbonyl (C=O) groups excluding carboxylic acids is 3. The first-order valence-corrected chi connectivity index (χ1v) is 25.0. The van der Waals surface area contributed by atoms with E-state index in [9.17, 15) is 14.4 Å². The van der Waals surface area contributed by atoms with Crippen LogP contribution in [0.5, 0.6) is 5.75 Å². The third kappa shape index (κ3) is 17.2. The zero-order valence-corrected chi connectivity index (χ0v) is 43.3. The molecule has 0 unspecified atom stereocenters. The summed E-state index contributed by atoms with van der Waals surface area (Å²) in [5.41, 5.74) is 14.8. The van der Waals surface area contributed by atoms with Gasteiger partial charge < -0.3 is 29.2 Å². The molecule has 0 fully saturated rings. The standard InChI is InChI=1S/C31H42Cl3N5O3.C21H23N5O2/c1-4-7-8-9-10-11-12-13-14-15-18-42-29(40)22-16-17-23(32)26(19-22)35-30(41)36-37-31-38(5-2)27-20-24(33)25(34)21-28(27)39(31)6-3;1-14-5-6-20(16(3)9-14)28-8-4-7-24-21(27)26-25-19-11-18(13-23)17(12-22)10-15(19)2/h16-17,19-21H,4-15,18H2,1-3H3,(H2,35,36,41);5-6,9-11,25H,4,7-8H2,1-3H3,(H2,24,26,27). The number of nitrogens with zero attached hydrogens (tertiary/aromatic N) is 5. The molecular weight excluding hydrogens is 951 g/mol. The number of nitrogens with one attached hydrogen (secondary N) is 5. The van der Waals surface area contributed by atoms with Crippen LogP contribution in [0, 0.1) is 43.4 Å². The van der Waals surface area contributed by atoms with Crippen LogP contribution in [0.2, 0.25) is 15.1 Å². The Morgan fingerprint density at radius 3 is 1.87 bits per heavy atom. The summed E-state index contributed by atoms with van der Waals surface area (Å²) in [5, 5.41) is 29.0. The topological polar surface area (TPSA) is 200 Å². The van der Waals surface area contributed by atoms with Crippen LogP contribution >= 0.6 is 34.8 Å². The molecule has 0 saturated carbocycles. The summed E-state index contributed by atoms with van der Waals surface area (Å²) in [5.74, 6) is 0.394. The zero-order valence-electron chi connectivity index (χ0n) is 41.0. The van der Waals surface area contributed by atoms with E-state index in [4.69, 9.17) is 54.8 Å². The van der Waals surface area contributed by atoms with Crippen molar-refractivity contribution in [1.29, 1.82) is 10.5 Å². The molecule has 5 N–H and O–H groups in total. The summed E-state index contributed by atoms with van der Waals surface area (Å²) < 4.78 is 15.0. The van der Waals surface area contributed by atoms with Crippen LogP contribution in [-0.4, -0.2) is 46.9 Å². The van der Waals surface area contributed by atoms with Gasteiger partial charge in [0.15, 0.2) is 0 Å². The number of carbonyl (C=O) groups is 3. The number of anilines is 2. The summed E-state index contributed by atoms with van der Waals surface area (Å²) in [4.78, 5) is 37.3. The van der Waals surface area contributed by atoms with Crippen LogP contribution in [0.4, 0.5) is 21.0 Å². The first kappa shape index (κ1) is 56.2. The first-order chi connectivity index (χ1) is 33.7. The van der Waals surface area contributed by atoms with Gasteiger partial charge in [-0.25, -0.2) is 19.8 Å². The number of ether oxygens (including phenoxy) is 2. The van der Waals surface area contributed by atoms with E-state index in [2.05, 4.69) is 45.0 Å². The van der Waals surface area contributed by atoms with Gasteiger partial charge in [0.05, 0.1) is 67.4 Å². The molecule has 0 bridgehead atoms. The minimum Gasteiger partial charge on any atom is -0.493 e. The lowest BCUT2D eigenvalue weighted by Crippen LogP contribution is -2.39. The number of halogens is 3. The van der Waals surface area contributed by atoms with Crippen LogP contribution < -0.4 is 37.3 Å². The molecule has 15 nitrogen and oxygen atoms in total. The minimum absolute atomic E-state index is 0.251. The van der Waals surface area contributed by atoms with Crippen LogP contribution in [0.3, 0.4) is 0 Å². The molecule has 0 aliphatic rings. The van der Waals surface area contributed by atoms with E-state index in [0.29, 0.717) is 71.7 Å². The molecule has 4 aromatic carbocycles. The highest BCUT2D eigenvalue weighted by molar-refractivity contribution is 6.42. The molecule has 1 aromatic heterocycles. The second-order valence-electron chi connectivity index (χ2n) is 16.6. The van der Waals surface area contributed by atoms with Gasteiger partial charge in [0, 0.05) is 19.6 Å². The summed E-state index contributed by atoms with van der Waals surface area (Å²) in [6.45, 7) is 14.5. The second kappa shape index (κ2) is 29.6. The third-order valence-corrected chi connectivity index (χ3v) is 12.3. The van der Waals surface area contributed by atoms with Crippen molar-refractivity contribution in [2.45, 2.75) is 125 Å². The van der Waals surface area contributed by atoms with Gasteiger partial charge in [0.25, 0.3) is 0 Å². The molecule has 0 radical (unpaired) electrons. The van der Waals surface area contributed by atoms with Gasteiger partial charge >= 0.3 is 18.0 Å². The molecule has 18 heteroatoms. The van der Waals surface area contributed by atoms with E-state index in [1.807, 2.05) is 61.1 Å². The smallest absolute Gasteiger partial charge is 0.339 e. The van der Waals surface area contributed by atoms with Crippen LogP contribution in [-0.2, 0) is 17.8 Å². The highest BCUT2D eigenvalue weighted by atomic mass is 35.5. The number of aryl methyl sites for hydroxylation is 5. The number of amides is 4. The van der Waals surface area contributed by atoms with Crippen molar-refractivity contribution < 1.29 is 23.9 Å². The number of hydrogen-bond donors (Lipinski definition) is 5. The molecule has 374 valence electrons. The molecule has 70 heavy (non-hydrogen) atoms. The summed E-state index contributed by atoms with van der Waals surface area (Å²) in [7, 11) is 0. The molecule has 0 aliphatic heterocycles. The van der Waals surface area contributed by atoms with Crippen molar-refractivity contribution >= 4 is 75.2 Å². The van der Waals surface area contributed by atoms with E-state index in [1.165, 1.54) is 62.6 Å². The van der Waals surface area contributed by atoms with Gasteiger partial charge in [0.1, 0.15) is 17.9 Å². The maximum Gasteiger partial charge on any atom is 0.339 e. The van der Waals surface area contributed by atoms with Gasteiger partial charge in [-0.2, -0.15) is 10.5 Å². The number of urea groups is 2. The number of hydrazine groups is 1. The molecule has 0 aliphatic carbocycles. The molecular formula is C52H65Cl3N10O5. The van der Waals surface area contributed by atoms with E-state index < -0.39 is 18.0 Å². The monoisotopic (exact) mass is 1010 g/mol. The summed E-state index contributed by atoms with van der Waals surface area (Å²) in [6, 6.07) is 20.3. The van der Waals surface area contributed by atoms with E-state index in [0.717, 1.165) is 47.2 Å². The number of benzene rings is 4. The molecule has 0 saturated heterocycles. The lowest BCUT2D eigenvalue weighted by Gasteiger charge is -2.13. The second-order valence-corrected chi connectivity index (χ2v) is 17.9. The van der Waals surface area contributed by atoms with Gasteiger partial charge in [-0.15, -0.1) is 5.10 Å². The Kier molecular flexibility index (Phi) is 23.8. The Hall–Kier alpha value is -6.39. The zero-order chi connectivity index (χ0) is 51.0. The molecule has 4 amide bonds. The summed E-state index contributed by atoms with van der Waals surface area (Å²) in [6.07, 6.45) is 12.8. The number of rotatable bonds is 23. The molecule has 0 atom stereocenters. The first-order valence-electron chi connectivity index (χ1n) is 23.8. The SMILES string of the molecule is CCCCCCCCCCCCOC(=O)c1ccc(Cl)c(NC(=O)NN=c2n(CC)c3cc(Cl)c(Cl)cc3n2CC)c1.Cc1ccc(OCCCNC(=O)NNc2cc(C#N)c(C#N)cc2C)c(C)c1. The van der Waals surface area contributed by atoms with Crippen LogP contribution in [0.25, 0.3) is 11.0 Å². The highest BCUT2D eigenvalue weighted by Gasteiger charge is 2.16. The average molecular weight is 1020 g/mol. The lowest BCUT2D eigenvalue weighted by molar-refractivity contribution is 0.0497. The Morgan fingerprint density at radius 2 is 1.27 bits per heavy atom. The van der Waals surface area contributed by atoms with Gasteiger partial charge in [-0.1, -0.05) is 117 Å². The van der Waals surface area contributed by atoms with Crippen molar-refractivity contribution in [3.63, 3.8) is 0 Å². The fourth-order valence-corrected chi connectivity index (χ4v) is 7.99. The van der Waals surface area contributed by atoms with Crippen LogP contribution in [0.1, 0.15) is 130 Å². The Morgan fingerprint density at radius 1 is 0.657 bits per heavy atom. The molecule has 5 aromatic rings. The Balaban J connectivity index is 0.000000330. The largest absolute Gasteiger partial charge is 0.493 e. The highest BCUT2D eigenvalue weighted by Crippen LogP contribution is 2.28. The van der Waals surface area contributed by atoms with Gasteiger partial charge in [-0.05, 0) is 107 Å². The number of aromatic nitrogens is 2. The number of hydrogen-bond acceptors (Lipinski definition) is 9. The van der Waals surface area contributed by atoms with Crippen molar-refractivity contribution in [1.82, 2.24) is 25.3 Å². The quantitative estimate of drug-likeness (QED) is 0.0242. The van der Waals surface area contributed by atoms with E-state index in [-0.39, 0.29) is 16.3 Å². The average Bonchev–Trinajstić information content (AvgIpc) is 3.63. The lowest BCUT2D eigenvalue weighted by atomic mass is 10.0. The number of fused-ring (bicyclic) bond motifs is 1. The third-order valence-electron chi connectivity index (χ3n) is 11.3.